The van der Waals surface area contributed by atoms with Crippen molar-refractivity contribution in [2.45, 2.75) is 37.3 Å². The average molecular weight is 298 g/mol. The summed E-state index contributed by atoms with van der Waals surface area (Å²) in [5.41, 5.74) is -0.0457. The number of aliphatic carboxylic acids is 1. The summed E-state index contributed by atoms with van der Waals surface area (Å²) in [5.74, 6) is -0.725. The molecule has 3 heterocycles. The minimum atomic E-state index is -0.725. The molecule has 3 rings (SSSR count). The van der Waals surface area contributed by atoms with E-state index in [9.17, 15) is 4.79 Å². The highest BCUT2D eigenvalue weighted by Crippen LogP contribution is 2.35. The normalized spacial score (nSPS) is 35.9. The van der Waals surface area contributed by atoms with Gasteiger partial charge >= 0.3 is 5.97 Å². The number of carboxylic acid groups (broad SMARTS) is 1. The molecule has 0 aliphatic carbocycles. The maximum absolute atomic E-state index is 10.8. The van der Waals surface area contributed by atoms with Crippen LogP contribution in [0.4, 0.5) is 0 Å². The van der Waals surface area contributed by atoms with Gasteiger partial charge in [0.15, 0.2) is 0 Å². The van der Waals surface area contributed by atoms with Crippen LogP contribution in [0.2, 0.25) is 0 Å². The predicted octanol–water partition coefficient (Wildman–Crippen LogP) is 0.417. The maximum Gasteiger partial charge on any atom is 0.317 e. The predicted molar refractivity (Wildman–Crippen MR) is 77.4 cm³/mol. The summed E-state index contributed by atoms with van der Waals surface area (Å²) in [6.45, 7) is 6.32. The van der Waals surface area contributed by atoms with Crippen LogP contribution in [0.5, 0.6) is 0 Å². The van der Waals surface area contributed by atoms with Crippen molar-refractivity contribution in [1.29, 1.82) is 0 Å². The molecule has 0 saturated carbocycles. The second-order valence-electron chi connectivity index (χ2n) is 6.54. The van der Waals surface area contributed by atoms with Gasteiger partial charge in [0.2, 0.25) is 0 Å². The minimum Gasteiger partial charge on any atom is -0.480 e. The van der Waals surface area contributed by atoms with Gasteiger partial charge in [0.1, 0.15) is 0 Å². The molecule has 0 amide bonds. The molecule has 120 valence electrons. The molecule has 0 radical (unpaired) electrons. The number of hydrogen-bond acceptors (Lipinski definition) is 5. The average Bonchev–Trinajstić information content (AvgIpc) is 2.76. The molecule has 3 fully saturated rings. The molecule has 0 aromatic rings. The maximum atomic E-state index is 10.8. The third kappa shape index (κ3) is 3.74. The summed E-state index contributed by atoms with van der Waals surface area (Å²) in [6.07, 6.45) is 4.21. The molecule has 0 aromatic heterocycles. The molecule has 3 saturated heterocycles. The van der Waals surface area contributed by atoms with Gasteiger partial charge in [0, 0.05) is 45.3 Å². The standard InChI is InChI=1S/C15H26N2O4/c18-14(19)11-16-4-1-5-17(7-6-16)13-2-8-21-15(10-13)3-9-20-12-15/h13H,1-12H2,(H,18,19). The second kappa shape index (κ2) is 6.60. The summed E-state index contributed by atoms with van der Waals surface area (Å²) < 4.78 is 11.6. The molecule has 2 unspecified atom stereocenters. The van der Waals surface area contributed by atoms with Crippen LogP contribution in [-0.2, 0) is 14.3 Å². The summed E-state index contributed by atoms with van der Waals surface area (Å²) in [5, 5.41) is 8.93. The Balaban J connectivity index is 1.55. The zero-order chi connectivity index (χ0) is 14.7. The quantitative estimate of drug-likeness (QED) is 0.815. The Morgan fingerprint density at radius 3 is 2.90 bits per heavy atom. The van der Waals surface area contributed by atoms with E-state index in [1.807, 2.05) is 0 Å². The number of hydrogen-bond donors (Lipinski definition) is 1. The van der Waals surface area contributed by atoms with Crippen LogP contribution < -0.4 is 0 Å². The Labute approximate surface area is 126 Å². The van der Waals surface area contributed by atoms with Gasteiger partial charge in [-0.25, -0.2) is 0 Å². The van der Waals surface area contributed by atoms with Crippen molar-refractivity contribution >= 4 is 5.97 Å². The van der Waals surface area contributed by atoms with Crippen LogP contribution in [0.25, 0.3) is 0 Å². The van der Waals surface area contributed by atoms with Crippen molar-refractivity contribution in [2.24, 2.45) is 0 Å². The lowest BCUT2D eigenvalue weighted by Gasteiger charge is -2.42. The molecule has 0 bridgehead atoms. The molecular formula is C15H26N2O4. The first-order valence-corrected chi connectivity index (χ1v) is 8.07. The Bertz CT molecular complexity index is 371. The van der Waals surface area contributed by atoms with Gasteiger partial charge in [-0.1, -0.05) is 0 Å². The zero-order valence-corrected chi connectivity index (χ0v) is 12.6. The Morgan fingerprint density at radius 2 is 2.14 bits per heavy atom. The number of carboxylic acids is 1. The number of carbonyl (C=O) groups is 1. The SMILES string of the molecule is O=C(O)CN1CCCN(C2CCOC3(CCOC3)C2)CC1. The molecule has 6 heteroatoms. The van der Waals surface area contributed by atoms with Crippen LogP contribution in [0.3, 0.4) is 0 Å². The van der Waals surface area contributed by atoms with E-state index < -0.39 is 5.97 Å². The summed E-state index contributed by atoms with van der Waals surface area (Å²) in [7, 11) is 0. The summed E-state index contributed by atoms with van der Waals surface area (Å²) in [6, 6.07) is 0.560. The van der Waals surface area contributed by atoms with Crippen molar-refractivity contribution in [1.82, 2.24) is 9.80 Å². The van der Waals surface area contributed by atoms with Crippen LogP contribution in [0.1, 0.15) is 25.7 Å². The van der Waals surface area contributed by atoms with Gasteiger partial charge < -0.3 is 14.6 Å². The van der Waals surface area contributed by atoms with E-state index in [4.69, 9.17) is 14.6 Å². The molecular weight excluding hydrogens is 272 g/mol. The first-order valence-electron chi connectivity index (χ1n) is 8.07. The lowest BCUT2D eigenvalue weighted by molar-refractivity contribution is -0.138. The van der Waals surface area contributed by atoms with E-state index >= 15 is 0 Å². The first kappa shape index (κ1) is 15.2. The van der Waals surface area contributed by atoms with Crippen LogP contribution in [0, 0.1) is 0 Å². The molecule has 6 nitrogen and oxygen atoms in total. The fourth-order valence-corrected chi connectivity index (χ4v) is 3.88. The van der Waals surface area contributed by atoms with E-state index in [1.165, 1.54) is 0 Å². The van der Waals surface area contributed by atoms with E-state index in [-0.39, 0.29) is 12.1 Å². The summed E-state index contributed by atoms with van der Waals surface area (Å²) >= 11 is 0. The molecule has 2 atom stereocenters. The topological polar surface area (TPSA) is 62.2 Å². The molecule has 3 aliphatic heterocycles. The van der Waals surface area contributed by atoms with Crippen molar-refractivity contribution in [3.63, 3.8) is 0 Å². The Kier molecular flexibility index (Phi) is 4.78. The van der Waals surface area contributed by atoms with Gasteiger partial charge in [0.25, 0.3) is 0 Å². The third-order valence-electron chi connectivity index (χ3n) is 5.03. The number of nitrogens with zero attached hydrogens (tertiary/aromatic N) is 2. The lowest BCUT2D eigenvalue weighted by atomic mass is 9.89. The molecule has 21 heavy (non-hydrogen) atoms. The zero-order valence-electron chi connectivity index (χ0n) is 12.6. The Morgan fingerprint density at radius 1 is 1.24 bits per heavy atom. The lowest BCUT2D eigenvalue weighted by Crippen LogP contribution is -2.50. The highest BCUT2D eigenvalue weighted by Gasteiger charge is 2.42. The summed E-state index contributed by atoms with van der Waals surface area (Å²) in [4.78, 5) is 15.4. The smallest absolute Gasteiger partial charge is 0.317 e. The van der Waals surface area contributed by atoms with Crippen LogP contribution in [-0.4, -0.2) is 85.1 Å². The van der Waals surface area contributed by atoms with Crippen molar-refractivity contribution in [3.8, 4) is 0 Å². The van der Waals surface area contributed by atoms with E-state index in [1.54, 1.807) is 0 Å². The monoisotopic (exact) mass is 298 g/mol. The van der Waals surface area contributed by atoms with E-state index in [0.29, 0.717) is 6.04 Å². The highest BCUT2D eigenvalue weighted by molar-refractivity contribution is 5.69. The molecule has 0 aromatic carbocycles. The first-order chi connectivity index (χ1) is 10.2. The Hall–Kier alpha value is -0.690. The van der Waals surface area contributed by atoms with Crippen LogP contribution in [0.15, 0.2) is 0 Å². The largest absolute Gasteiger partial charge is 0.480 e. The van der Waals surface area contributed by atoms with Gasteiger partial charge in [-0.05, 0) is 25.8 Å². The number of rotatable bonds is 3. The van der Waals surface area contributed by atoms with Gasteiger partial charge in [-0.15, -0.1) is 0 Å². The minimum absolute atomic E-state index is 0.0457. The third-order valence-corrected chi connectivity index (χ3v) is 5.03. The fourth-order valence-electron chi connectivity index (χ4n) is 3.88. The molecule has 3 aliphatic rings. The van der Waals surface area contributed by atoms with Crippen molar-refractivity contribution in [2.75, 3.05) is 52.5 Å². The van der Waals surface area contributed by atoms with Gasteiger partial charge in [-0.2, -0.15) is 0 Å². The fraction of sp³-hybridized carbons (Fsp3) is 0.933. The van der Waals surface area contributed by atoms with Gasteiger partial charge in [0.05, 0.1) is 18.8 Å². The van der Waals surface area contributed by atoms with E-state index in [0.717, 1.165) is 71.7 Å². The number of ether oxygens (including phenoxy) is 2. The van der Waals surface area contributed by atoms with Crippen LogP contribution >= 0.6 is 0 Å². The van der Waals surface area contributed by atoms with E-state index in [2.05, 4.69) is 9.80 Å². The van der Waals surface area contributed by atoms with Gasteiger partial charge in [-0.3, -0.25) is 14.6 Å². The highest BCUT2D eigenvalue weighted by atomic mass is 16.6. The second-order valence-corrected chi connectivity index (χ2v) is 6.54. The molecule has 1 N–H and O–H groups in total. The van der Waals surface area contributed by atoms with Crippen molar-refractivity contribution in [3.05, 3.63) is 0 Å². The molecule has 1 spiro atoms. The van der Waals surface area contributed by atoms with Crippen molar-refractivity contribution < 1.29 is 19.4 Å².